The third kappa shape index (κ3) is 7.91. The van der Waals surface area contributed by atoms with Gasteiger partial charge in [-0.2, -0.15) is 0 Å². The third-order valence-electron chi connectivity index (χ3n) is 17.3. The van der Waals surface area contributed by atoms with Crippen LogP contribution < -0.4 is 10.6 Å². The summed E-state index contributed by atoms with van der Waals surface area (Å²) >= 11 is 7.11. The summed E-state index contributed by atoms with van der Waals surface area (Å²) in [4.78, 5) is 55.2. The molecule has 2 aromatic heterocycles. The van der Waals surface area contributed by atoms with Crippen molar-refractivity contribution in [3.63, 3.8) is 0 Å². The topological polar surface area (TPSA) is 136 Å². The lowest BCUT2D eigenvalue weighted by molar-refractivity contribution is -0.152. The van der Waals surface area contributed by atoms with E-state index in [0.717, 1.165) is 130 Å². The molecular formula is C51H65ClN8O5. The van der Waals surface area contributed by atoms with E-state index in [4.69, 9.17) is 31.0 Å². The van der Waals surface area contributed by atoms with Crippen molar-refractivity contribution in [2.24, 2.45) is 35.8 Å². The van der Waals surface area contributed by atoms with Gasteiger partial charge in [0, 0.05) is 82.9 Å². The van der Waals surface area contributed by atoms with Gasteiger partial charge in [-0.15, -0.1) is 0 Å². The van der Waals surface area contributed by atoms with E-state index in [1.165, 1.54) is 45.6 Å². The molecule has 4 aromatic rings. The molecule has 2 amide bonds. The van der Waals surface area contributed by atoms with Crippen LogP contribution in [0.5, 0.6) is 0 Å². The van der Waals surface area contributed by atoms with Crippen molar-refractivity contribution in [3.8, 4) is 11.1 Å². The molecule has 346 valence electrons. The number of halogens is 1. The number of aromatic nitrogens is 4. The first-order valence-electron chi connectivity index (χ1n) is 23.9. The van der Waals surface area contributed by atoms with Gasteiger partial charge < -0.3 is 29.2 Å². The number of carbonyl (C=O) groups is 3. The van der Waals surface area contributed by atoms with Gasteiger partial charge in [-0.1, -0.05) is 35.9 Å². The molecule has 0 atom stereocenters. The number of esters is 1. The van der Waals surface area contributed by atoms with Gasteiger partial charge >= 0.3 is 5.97 Å². The van der Waals surface area contributed by atoms with Crippen molar-refractivity contribution in [1.82, 2.24) is 28.9 Å². The summed E-state index contributed by atoms with van der Waals surface area (Å²) in [5, 5.41) is 6.62. The van der Waals surface area contributed by atoms with Gasteiger partial charge in [0.15, 0.2) is 11.6 Å². The molecule has 0 radical (unpaired) electrons. The molecule has 4 fully saturated rings. The Morgan fingerprint density at radius 2 is 1.20 bits per heavy atom. The summed E-state index contributed by atoms with van der Waals surface area (Å²) < 4.78 is 14.7. The number of hydrogen-bond acceptors (Lipinski definition) is 9. The minimum Gasteiger partial charge on any atom is -0.469 e. The van der Waals surface area contributed by atoms with Gasteiger partial charge in [0.1, 0.15) is 0 Å². The maximum atomic E-state index is 13.9. The molecule has 4 bridgehead atoms. The first-order chi connectivity index (χ1) is 31.3. The van der Waals surface area contributed by atoms with Crippen molar-refractivity contribution < 1.29 is 23.9 Å². The average molecular weight is 906 g/mol. The van der Waals surface area contributed by atoms with Crippen LogP contribution in [0.1, 0.15) is 127 Å². The SMILES string of the molecule is COCC12CCC(CCN3CCc4c(nc(C(=O)Nc5cccc(-c6cccc(NC(=O)c7nc8c(n7C)CCN(CCC79CCC(C(=O)OC)(CC7)C9)C8)c6Cl)c5C)n4C)C3)(CC1)C2. The predicted molar refractivity (Wildman–Crippen MR) is 251 cm³/mol. The average Bonchev–Trinajstić information content (AvgIpc) is 4.17. The van der Waals surface area contributed by atoms with Crippen molar-refractivity contribution in [1.29, 1.82) is 0 Å². The fourth-order valence-electron chi connectivity index (χ4n) is 13.5. The highest BCUT2D eigenvalue weighted by Gasteiger charge is 2.58. The van der Waals surface area contributed by atoms with E-state index < -0.39 is 0 Å². The van der Waals surface area contributed by atoms with Gasteiger partial charge in [-0.05, 0) is 137 Å². The van der Waals surface area contributed by atoms with Crippen molar-refractivity contribution in [2.75, 3.05) is 57.6 Å². The molecule has 4 heterocycles. The fourth-order valence-corrected chi connectivity index (χ4v) is 13.7. The number of hydrogen-bond donors (Lipinski definition) is 2. The molecule has 0 spiro atoms. The van der Waals surface area contributed by atoms with Gasteiger partial charge in [-0.25, -0.2) is 9.97 Å². The molecule has 10 rings (SSSR count). The lowest BCUT2D eigenvalue weighted by atomic mass is 9.80. The largest absolute Gasteiger partial charge is 0.469 e. The minimum atomic E-state index is -0.322. The number of carbonyl (C=O) groups excluding carboxylic acids is 3. The number of amides is 2. The van der Waals surface area contributed by atoms with Crippen LogP contribution in [0.15, 0.2) is 36.4 Å². The van der Waals surface area contributed by atoms with Crippen molar-refractivity contribution >= 4 is 40.8 Å². The summed E-state index contributed by atoms with van der Waals surface area (Å²) in [6.45, 7) is 8.20. The van der Waals surface area contributed by atoms with Crippen LogP contribution in [0, 0.1) is 28.6 Å². The number of methoxy groups -OCH3 is 2. The quantitative estimate of drug-likeness (QED) is 0.120. The molecule has 2 aromatic carbocycles. The number of rotatable bonds is 14. The molecule has 0 saturated heterocycles. The number of nitrogens with one attached hydrogen (secondary N) is 2. The zero-order valence-electron chi connectivity index (χ0n) is 38.9. The van der Waals surface area contributed by atoms with Crippen LogP contribution >= 0.6 is 11.6 Å². The third-order valence-corrected chi connectivity index (χ3v) is 17.7. The molecule has 14 heteroatoms. The number of imidazole rings is 2. The zero-order chi connectivity index (χ0) is 45.3. The molecular weight excluding hydrogens is 840 g/mol. The lowest BCUT2D eigenvalue weighted by Crippen LogP contribution is -2.34. The smallest absolute Gasteiger partial charge is 0.311 e. The van der Waals surface area contributed by atoms with E-state index in [0.29, 0.717) is 45.4 Å². The van der Waals surface area contributed by atoms with E-state index in [-0.39, 0.29) is 28.6 Å². The molecule has 4 saturated carbocycles. The van der Waals surface area contributed by atoms with Crippen LogP contribution in [0.25, 0.3) is 11.1 Å². The molecule has 13 nitrogen and oxygen atoms in total. The van der Waals surface area contributed by atoms with Crippen LogP contribution in [0.4, 0.5) is 11.4 Å². The zero-order valence-corrected chi connectivity index (χ0v) is 39.7. The first-order valence-corrected chi connectivity index (χ1v) is 24.3. The van der Waals surface area contributed by atoms with Gasteiger partial charge in [0.05, 0.1) is 41.2 Å². The van der Waals surface area contributed by atoms with Crippen LogP contribution in [0.2, 0.25) is 5.02 Å². The maximum Gasteiger partial charge on any atom is 0.311 e. The van der Waals surface area contributed by atoms with Crippen molar-refractivity contribution in [3.05, 3.63) is 81.4 Å². The van der Waals surface area contributed by atoms with E-state index in [1.807, 2.05) is 67.6 Å². The lowest BCUT2D eigenvalue weighted by Gasteiger charge is -2.32. The second-order valence-electron chi connectivity index (χ2n) is 20.9. The van der Waals surface area contributed by atoms with Gasteiger partial charge in [0.2, 0.25) is 0 Å². The summed E-state index contributed by atoms with van der Waals surface area (Å²) in [6.07, 6.45) is 15.5. The molecule has 0 unspecified atom stereocenters. The van der Waals surface area contributed by atoms with E-state index in [9.17, 15) is 14.4 Å². The summed E-state index contributed by atoms with van der Waals surface area (Å²) in [5.41, 5.74) is 8.55. The highest BCUT2D eigenvalue weighted by atomic mass is 35.5. The standard InChI is InChI=1S/C51H65ClN8O5/c1-33-34(8-6-10-36(33)55-45(61)43-53-38-28-59(24-12-40(38)57(43)2)26-22-48-14-16-50(30-48,17-15-48)32-64-4)35-9-7-11-37(42(35)52)56-46(62)44-54-39-29-60(25-13-41(39)58(44)3)27-23-49-18-20-51(31-49,21-19-49)47(63)65-5/h6-11H,12-32H2,1-5H3,(H,55,61)(H,56,62). The highest BCUT2D eigenvalue weighted by Crippen LogP contribution is 2.64. The Labute approximate surface area is 388 Å². The van der Waals surface area contributed by atoms with Crippen LogP contribution in [-0.2, 0) is 54.3 Å². The van der Waals surface area contributed by atoms with Crippen LogP contribution in [-0.4, -0.2) is 93.7 Å². The molecule has 2 aliphatic heterocycles. The Morgan fingerprint density at radius 1 is 0.692 bits per heavy atom. The van der Waals surface area contributed by atoms with Crippen LogP contribution in [0.3, 0.4) is 0 Å². The predicted octanol–water partition coefficient (Wildman–Crippen LogP) is 8.50. The second-order valence-corrected chi connectivity index (χ2v) is 21.3. The minimum absolute atomic E-state index is 0.0318. The highest BCUT2D eigenvalue weighted by molar-refractivity contribution is 6.36. The molecule has 65 heavy (non-hydrogen) atoms. The summed E-state index contributed by atoms with van der Waals surface area (Å²) in [7, 11) is 7.21. The second kappa shape index (κ2) is 16.9. The van der Waals surface area contributed by atoms with E-state index in [2.05, 4.69) is 20.4 Å². The number of fused-ring (bicyclic) bond motifs is 6. The Morgan fingerprint density at radius 3 is 1.77 bits per heavy atom. The van der Waals surface area contributed by atoms with E-state index in [1.54, 1.807) is 6.07 Å². The monoisotopic (exact) mass is 904 g/mol. The normalized spacial score (nSPS) is 26.9. The number of anilines is 2. The van der Waals surface area contributed by atoms with Gasteiger partial charge in [0.25, 0.3) is 11.8 Å². The number of ether oxygens (including phenoxy) is 2. The Balaban J connectivity index is 0.772. The first kappa shape index (κ1) is 44.3. The summed E-state index contributed by atoms with van der Waals surface area (Å²) in [5.74, 6) is 0.157. The summed E-state index contributed by atoms with van der Waals surface area (Å²) in [6, 6.07) is 11.4. The van der Waals surface area contributed by atoms with Gasteiger partial charge in [-0.3, -0.25) is 24.2 Å². The maximum absolute atomic E-state index is 13.9. The Kier molecular flexibility index (Phi) is 11.5. The molecule has 2 N–H and O–H groups in total. The van der Waals surface area contributed by atoms with E-state index >= 15 is 0 Å². The molecule has 6 aliphatic rings. The Bertz CT molecular complexity index is 2530. The fraction of sp³-hybridized carbons (Fsp3) is 0.588. The molecule has 4 aliphatic carbocycles. The Hall–Kier alpha value is -4.56. The number of nitrogens with zero attached hydrogens (tertiary/aromatic N) is 6. The van der Waals surface area contributed by atoms with Crippen molar-refractivity contribution in [2.45, 2.75) is 110 Å². The number of benzene rings is 2.